The normalized spacial score (nSPS) is 22.2. The molecule has 4 N–H and O–H groups in total. The molecule has 0 bridgehead atoms. The van der Waals surface area contributed by atoms with Gasteiger partial charge in [-0.05, 0) is 25.3 Å². The van der Waals surface area contributed by atoms with E-state index in [1.54, 1.807) is 13.8 Å². The summed E-state index contributed by atoms with van der Waals surface area (Å²) in [6, 6.07) is -0.782. The molecule has 1 rings (SSSR count). The van der Waals surface area contributed by atoms with Crippen LogP contribution in [0.4, 0.5) is 0 Å². The molecule has 0 aromatic heterocycles. The van der Waals surface area contributed by atoms with Gasteiger partial charge in [0.1, 0.15) is 18.9 Å². The van der Waals surface area contributed by atoms with Crippen LogP contribution in [0.1, 0.15) is 27.2 Å². The first-order valence-corrected chi connectivity index (χ1v) is 6.42. The van der Waals surface area contributed by atoms with E-state index >= 15 is 0 Å². The number of likely N-dealkylation sites (tertiary alicyclic amines) is 1. The number of aliphatic hydroxyl groups excluding tert-OH is 1. The molecule has 1 aliphatic heterocycles. The summed E-state index contributed by atoms with van der Waals surface area (Å²) in [5.74, 6) is -1.48. The second-order valence-corrected chi connectivity index (χ2v) is 4.87. The summed E-state index contributed by atoms with van der Waals surface area (Å²) in [5.41, 5.74) is 4.50. The maximum Gasteiger partial charge on any atom is 0.326 e. The Morgan fingerprint density at radius 2 is 1.75 bits per heavy atom. The van der Waals surface area contributed by atoms with Crippen LogP contribution >= 0.6 is 0 Å². The Hall–Kier alpha value is -1.47. The average molecular weight is 290 g/mol. The van der Waals surface area contributed by atoms with Crippen LogP contribution in [0.2, 0.25) is 0 Å². The van der Waals surface area contributed by atoms with Gasteiger partial charge in [0, 0.05) is 6.54 Å². The van der Waals surface area contributed by atoms with Crippen molar-refractivity contribution in [3.8, 4) is 0 Å². The van der Waals surface area contributed by atoms with Crippen molar-refractivity contribution >= 4 is 18.7 Å². The Labute approximate surface area is 119 Å². The number of carbonyl (C=O) groups is 3. The Morgan fingerprint density at radius 1 is 1.30 bits per heavy atom. The zero-order valence-corrected chi connectivity index (χ0v) is 12.6. The van der Waals surface area contributed by atoms with Crippen molar-refractivity contribution in [2.75, 3.05) is 13.6 Å². The van der Waals surface area contributed by atoms with Crippen LogP contribution in [0.5, 0.6) is 0 Å². The lowest BCUT2D eigenvalue weighted by atomic mass is 10.1. The fraction of sp³-hybridized carbons (Fsp3) is 0.769. The van der Waals surface area contributed by atoms with Crippen LogP contribution in [-0.2, 0) is 14.4 Å². The number of hydrogen-bond donors (Lipinski definition) is 3. The minimum absolute atomic E-state index is 0.171. The molecule has 1 fully saturated rings. The highest BCUT2D eigenvalue weighted by atomic mass is 16.4. The second-order valence-electron chi connectivity index (χ2n) is 4.87. The number of nitrogens with zero attached hydrogens (tertiary/aromatic N) is 1. The molecule has 0 aromatic carbocycles. The first-order valence-electron chi connectivity index (χ1n) is 6.42. The third-order valence-corrected chi connectivity index (χ3v) is 2.96. The van der Waals surface area contributed by atoms with Crippen molar-refractivity contribution in [2.24, 2.45) is 17.6 Å². The molecule has 1 saturated heterocycles. The average Bonchev–Trinajstić information content (AvgIpc) is 2.83. The van der Waals surface area contributed by atoms with Crippen molar-refractivity contribution < 1.29 is 24.6 Å². The van der Waals surface area contributed by atoms with E-state index in [0.717, 1.165) is 0 Å². The Kier molecular flexibility index (Phi) is 10.8. The summed E-state index contributed by atoms with van der Waals surface area (Å²) < 4.78 is 0. The SMILES string of the molecule is C=O.CC1CC(C(=O)O)N(C(=O)C(O)C(C)C)C1.CN. The number of rotatable bonds is 3. The van der Waals surface area contributed by atoms with Gasteiger partial charge in [0.2, 0.25) is 0 Å². The van der Waals surface area contributed by atoms with Crippen molar-refractivity contribution in [1.82, 2.24) is 4.90 Å². The summed E-state index contributed by atoms with van der Waals surface area (Å²) in [5, 5.41) is 18.7. The summed E-state index contributed by atoms with van der Waals surface area (Å²) in [6.45, 7) is 7.79. The molecule has 7 nitrogen and oxygen atoms in total. The molecule has 7 heteroatoms. The molecule has 0 spiro atoms. The van der Waals surface area contributed by atoms with Gasteiger partial charge in [-0.1, -0.05) is 20.8 Å². The maximum atomic E-state index is 11.9. The topological polar surface area (TPSA) is 121 Å². The van der Waals surface area contributed by atoms with Gasteiger partial charge < -0.3 is 25.6 Å². The van der Waals surface area contributed by atoms with Gasteiger partial charge in [0.25, 0.3) is 5.91 Å². The van der Waals surface area contributed by atoms with Crippen molar-refractivity contribution in [1.29, 1.82) is 0 Å². The molecule has 3 unspecified atom stereocenters. The summed E-state index contributed by atoms with van der Waals surface area (Å²) in [7, 11) is 1.50. The molecule has 20 heavy (non-hydrogen) atoms. The Bertz CT molecular complexity index is 309. The van der Waals surface area contributed by atoms with Gasteiger partial charge in [-0.15, -0.1) is 0 Å². The molecule has 1 aliphatic rings. The smallest absolute Gasteiger partial charge is 0.326 e. The molecule has 1 heterocycles. The molecule has 3 atom stereocenters. The standard InChI is InChI=1S/C11H19NO4.CH5N.CH2O/c1-6(2)9(13)10(14)12-5-7(3)4-8(12)11(15)16;2*1-2/h6-9,13H,4-5H2,1-3H3,(H,15,16);2H2,1H3;1H2. The molecule has 118 valence electrons. The largest absolute Gasteiger partial charge is 0.480 e. The summed E-state index contributed by atoms with van der Waals surface area (Å²) in [6.07, 6.45) is -0.640. The summed E-state index contributed by atoms with van der Waals surface area (Å²) >= 11 is 0. The van der Waals surface area contributed by atoms with E-state index in [1.165, 1.54) is 11.9 Å². The van der Waals surface area contributed by atoms with Crippen LogP contribution in [0.3, 0.4) is 0 Å². The fourth-order valence-corrected chi connectivity index (χ4v) is 1.98. The number of aliphatic hydroxyl groups is 1. The lowest BCUT2D eigenvalue weighted by Crippen LogP contribution is -2.47. The van der Waals surface area contributed by atoms with Crippen LogP contribution in [0.15, 0.2) is 0 Å². The first kappa shape index (κ1) is 20.8. The predicted octanol–water partition coefficient (Wildman–Crippen LogP) is -0.285. The number of carbonyl (C=O) groups excluding carboxylic acids is 2. The van der Waals surface area contributed by atoms with E-state index in [1.807, 2.05) is 13.7 Å². The number of hydrogen-bond acceptors (Lipinski definition) is 5. The third-order valence-electron chi connectivity index (χ3n) is 2.96. The van der Waals surface area contributed by atoms with Gasteiger partial charge in [0.15, 0.2) is 0 Å². The highest BCUT2D eigenvalue weighted by Gasteiger charge is 2.40. The summed E-state index contributed by atoms with van der Waals surface area (Å²) in [4.78, 5) is 32.1. The maximum absolute atomic E-state index is 11.9. The van der Waals surface area contributed by atoms with Crippen LogP contribution in [0.25, 0.3) is 0 Å². The Balaban J connectivity index is 0. The van der Waals surface area contributed by atoms with E-state index in [0.29, 0.717) is 13.0 Å². The van der Waals surface area contributed by atoms with Crippen LogP contribution in [-0.4, -0.2) is 59.5 Å². The van der Waals surface area contributed by atoms with E-state index < -0.39 is 24.0 Å². The fourth-order valence-electron chi connectivity index (χ4n) is 1.98. The molecule has 0 saturated carbocycles. The monoisotopic (exact) mass is 290 g/mol. The van der Waals surface area contributed by atoms with Crippen molar-refractivity contribution in [3.63, 3.8) is 0 Å². The number of amides is 1. The molecule has 0 aliphatic carbocycles. The molecule has 0 radical (unpaired) electrons. The zero-order valence-electron chi connectivity index (χ0n) is 12.6. The van der Waals surface area contributed by atoms with Gasteiger partial charge in [0.05, 0.1) is 0 Å². The van der Waals surface area contributed by atoms with E-state index in [-0.39, 0.29) is 11.8 Å². The minimum atomic E-state index is -1.10. The third kappa shape index (κ3) is 5.66. The van der Waals surface area contributed by atoms with Crippen LogP contribution < -0.4 is 5.73 Å². The van der Waals surface area contributed by atoms with E-state index in [4.69, 9.17) is 9.90 Å². The molecular formula is C13H26N2O5. The molecule has 0 aromatic rings. The van der Waals surface area contributed by atoms with Gasteiger partial charge >= 0.3 is 5.97 Å². The highest BCUT2D eigenvalue weighted by molar-refractivity contribution is 5.87. The molecular weight excluding hydrogens is 264 g/mol. The number of aliphatic carboxylic acids is 1. The number of carboxylic acid groups (broad SMARTS) is 1. The number of nitrogens with two attached hydrogens (primary N) is 1. The molecule has 1 amide bonds. The first-order chi connectivity index (χ1) is 9.34. The lowest BCUT2D eigenvalue weighted by molar-refractivity contribution is -0.153. The van der Waals surface area contributed by atoms with Gasteiger partial charge in [-0.3, -0.25) is 4.79 Å². The van der Waals surface area contributed by atoms with Gasteiger partial charge in [-0.25, -0.2) is 4.79 Å². The van der Waals surface area contributed by atoms with E-state index in [2.05, 4.69) is 5.73 Å². The second kappa shape index (κ2) is 10.3. The zero-order chi connectivity index (χ0) is 16.5. The quantitative estimate of drug-likeness (QED) is 0.657. The van der Waals surface area contributed by atoms with E-state index in [9.17, 15) is 14.7 Å². The van der Waals surface area contributed by atoms with Crippen molar-refractivity contribution in [2.45, 2.75) is 39.3 Å². The Morgan fingerprint density at radius 3 is 2.10 bits per heavy atom. The van der Waals surface area contributed by atoms with Gasteiger partial charge in [-0.2, -0.15) is 0 Å². The highest BCUT2D eigenvalue weighted by Crippen LogP contribution is 2.24. The lowest BCUT2D eigenvalue weighted by Gasteiger charge is -2.25. The van der Waals surface area contributed by atoms with Crippen LogP contribution in [0, 0.1) is 11.8 Å². The minimum Gasteiger partial charge on any atom is -0.480 e. The predicted molar refractivity (Wildman–Crippen MR) is 75.0 cm³/mol. The number of carboxylic acids is 1. The van der Waals surface area contributed by atoms with Crippen molar-refractivity contribution in [3.05, 3.63) is 0 Å².